The highest BCUT2D eigenvalue weighted by molar-refractivity contribution is 5.65. The van der Waals surface area contributed by atoms with Gasteiger partial charge in [-0.25, -0.2) is 0 Å². The molecule has 3 rings (SSSR count). The molecule has 0 saturated carbocycles. The van der Waals surface area contributed by atoms with E-state index in [9.17, 15) is 10.1 Å². The van der Waals surface area contributed by atoms with Crippen molar-refractivity contribution >= 4 is 11.4 Å². The number of hydrogen-bond acceptors (Lipinski definition) is 8. The topological polar surface area (TPSA) is 113 Å². The minimum absolute atomic E-state index is 0.00388. The maximum atomic E-state index is 10.8. The summed E-state index contributed by atoms with van der Waals surface area (Å²) in [7, 11) is 3.11. The van der Waals surface area contributed by atoms with Gasteiger partial charge in [0.25, 0.3) is 5.69 Å². The summed E-state index contributed by atoms with van der Waals surface area (Å²) in [6, 6.07) is 11.5. The maximum Gasteiger partial charge on any atom is 0.271 e. The number of nitrogens with one attached hydrogen (secondary N) is 1. The molecule has 0 atom stereocenters. The number of rotatable bonds is 7. The fraction of sp³-hybridized carbons (Fsp3) is 0.176. The van der Waals surface area contributed by atoms with Gasteiger partial charge in [-0.05, 0) is 18.2 Å². The van der Waals surface area contributed by atoms with Gasteiger partial charge >= 0.3 is 0 Å². The van der Waals surface area contributed by atoms with Crippen molar-refractivity contribution in [3.8, 4) is 22.9 Å². The van der Waals surface area contributed by atoms with Crippen LogP contribution in [-0.2, 0) is 6.54 Å². The number of non-ortho nitro benzene ring substituents is 1. The second-order valence-electron chi connectivity index (χ2n) is 5.24. The van der Waals surface area contributed by atoms with Crippen molar-refractivity contribution < 1.29 is 18.9 Å². The smallest absolute Gasteiger partial charge is 0.271 e. The zero-order chi connectivity index (χ0) is 18.5. The average Bonchev–Trinajstić information content (AvgIpc) is 3.14. The lowest BCUT2D eigenvalue weighted by Gasteiger charge is -2.07. The molecule has 26 heavy (non-hydrogen) atoms. The van der Waals surface area contributed by atoms with Crippen LogP contribution in [0.15, 0.2) is 47.0 Å². The van der Waals surface area contributed by atoms with Crippen LogP contribution in [0.1, 0.15) is 5.89 Å². The van der Waals surface area contributed by atoms with Crippen LogP contribution in [-0.4, -0.2) is 29.3 Å². The van der Waals surface area contributed by atoms with Gasteiger partial charge in [-0.1, -0.05) is 11.2 Å². The molecular formula is C17H16N4O5. The lowest BCUT2D eigenvalue weighted by molar-refractivity contribution is -0.384. The van der Waals surface area contributed by atoms with Crippen molar-refractivity contribution in [1.29, 1.82) is 0 Å². The average molecular weight is 356 g/mol. The molecule has 0 radical (unpaired) electrons. The molecule has 0 aliphatic heterocycles. The van der Waals surface area contributed by atoms with E-state index in [1.54, 1.807) is 44.6 Å². The van der Waals surface area contributed by atoms with Gasteiger partial charge in [0.1, 0.15) is 11.5 Å². The second kappa shape index (κ2) is 7.51. The maximum absolute atomic E-state index is 10.8. The largest absolute Gasteiger partial charge is 0.497 e. The Hall–Kier alpha value is -3.62. The summed E-state index contributed by atoms with van der Waals surface area (Å²) < 4.78 is 15.7. The highest BCUT2D eigenvalue weighted by atomic mass is 16.6. The molecule has 9 nitrogen and oxygen atoms in total. The molecule has 0 amide bonds. The first-order valence-corrected chi connectivity index (χ1v) is 7.64. The third-order valence-corrected chi connectivity index (χ3v) is 3.62. The van der Waals surface area contributed by atoms with Crippen LogP contribution in [0.2, 0.25) is 0 Å². The fourth-order valence-corrected chi connectivity index (χ4v) is 2.33. The summed E-state index contributed by atoms with van der Waals surface area (Å²) in [5.41, 5.74) is 1.25. The van der Waals surface area contributed by atoms with Crippen LogP contribution in [0.4, 0.5) is 11.4 Å². The molecule has 134 valence electrons. The third kappa shape index (κ3) is 3.72. The Labute approximate surface area is 148 Å². The highest BCUT2D eigenvalue weighted by Crippen LogP contribution is 2.31. The lowest BCUT2D eigenvalue weighted by Crippen LogP contribution is -2.00. The van der Waals surface area contributed by atoms with Gasteiger partial charge in [0, 0.05) is 23.9 Å². The number of hydrogen-bond donors (Lipinski definition) is 1. The van der Waals surface area contributed by atoms with Crippen LogP contribution in [0.5, 0.6) is 11.5 Å². The summed E-state index contributed by atoms with van der Waals surface area (Å²) in [6.45, 7) is 0.229. The van der Waals surface area contributed by atoms with Gasteiger partial charge in [-0.2, -0.15) is 4.98 Å². The Balaban J connectivity index is 1.74. The van der Waals surface area contributed by atoms with E-state index < -0.39 is 4.92 Å². The predicted octanol–water partition coefficient (Wildman–Crippen LogP) is 3.27. The van der Waals surface area contributed by atoms with E-state index in [2.05, 4.69) is 15.5 Å². The molecule has 0 aliphatic rings. The Morgan fingerprint density at radius 2 is 2.04 bits per heavy atom. The lowest BCUT2D eigenvalue weighted by atomic mass is 10.2. The van der Waals surface area contributed by atoms with Gasteiger partial charge < -0.3 is 19.3 Å². The van der Waals surface area contributed by atoms with Crippen LogP contribution < -0.4 is 14.8 Å². The number of ether oxygens (including phenoxy) is 2. The quantitative estimate of drug-likeness (QED) is 0.507. The zero-order valence-corrected chi connectivity index (χ0v) is 14.1. The van der Waals surface area contributed by atoms with Crippen molar-refractivity contribution in [2.75, 3.05) is 19.5 Å². The molecule has 0 aliphatic carbocycles. The number of nitrogens with zero attached hydrogens (tertiary/aromatic N) is 3. The van der Waals surface area contributed by atoms with E-state index in [-0.39, 0.29) is 12.2 Å². The number of methoxy groups -OCH3 is 2. The molecule has 1 aromatic heterocycles. The van der Waals surface area contributed by atoms with Crippen LogP contribution in [0.3, 0.4) is 0 Å². The van der Waals surface area contributed by atoms with E-state index >= 15 is 0 Å². The van der Waals surface area contributed by atoms with Gasteiger partial charge in [-0.3, -0.25) is 10.1 Å². The van der Waals surface area contributed by atoms with Crippen LogP contribution in [0, 0.1) is 10.1 Å². The summed E-state index contributed by atoms with van der Waals surface area (Å²) >= 11 is 0. The van der Waals surface area contributed by atoms with E-state index in [1.165, 1.54) is 12.1 Å². The monoisotopic (exact) mass is 356 g/mol. The molecule has 0 bridgehead atoms. The first kappa shape index (κ1) is 17.2. The standard InChI is InChI=1S/C17H16N4O5/c1-24-13-6-7-14(15(9-13)25-2)17-19-16(26-20-17)10-18-11-4-3-5-12(8-11)21(22)23/h3-9,18H,10H2,1-2H3. The fourth-order valence-electron chi connectivity index (χ4n) is 2.33. The third-order valence-electron chi connectivity index (χ3n) is 3.62. The number of benzene rings is 2. The second-order valence-corrected chi connectivity index (χ2v) is 5.24. The van der Waals surface area contributed by atoms with Crippen LogP contribution in [0.25, 0.3) is 11.4 Å². The molecule has 3 aromatic rings. The SMILES string of the molecule is COc1ccc(-c2noc(CNc3cccc([N+](=O)[O-])c3)n2)c(OC)c1. The number of nitro benzene ring substituents is 1. The van der Waals surface area contributed by atoms with Crippen molar-refractivity contribution in [2.45, 2.75) is 6.54 Å². The van der Waals surface area contributed by atoms with Gasteiger partial charge in [0.05, 0.1) is 31.3 Å². The van der Waals surface area contributed by atoms with E-state index in [1.807, 2.05) is 0 Å². The first-order valence-electron chi connectivity index (χ1n) is 7.64. The molecule has 9 heteroatoms. The summed E-state index contributed by atoms with van der Waals surface area (Å²) in [4.78, 5) is 14.7. The van der Waals surface area contributed by atoms with Crippen molar-refractivity contribution in [2.24, 2.45) is 0 Å². The molecule has 2 aromatic carbocycles. The number of anilines is 1. The summed E-state index contributed by atoms with van der Waals surface area (Å²) in [6.07, 6.45) is 0. The normalized spacial score (nSPS) is 10.4. The van der Waals surface area contributed by atoms with E-state index in [4.69, 9.17) is 14.0 Å². The molecule has 1 heterocycles. The highest BCUT2D eigenvalue weighted by Gasteiger charge is 2.14. The van der Waals surface area contributed by atoms with Crippen LogP contribution >= 0.6 is 0 Å². The Morgan fingerprint density at radius 3 is 2.77 bits per heavy atom. The first-order chi connectivity index (χ1) is 12.6. The Bertz CT molecular complexity index is 925. The minimum atomic E-state index is -0.452. The van der Waals surface area contributed by atoms with Crippen molar-refractivity contribution in [1.82, 2.24) is 10.1 Å². The summed E-state index contributed by atoms with van der Waals surface area (Å²) in [5.74, 6) is 1.93. The van der Waals surface area contributed by atoms with E-state index in [0.717, 1.165) is 0 Å². The van der Waals surface area contributed by atoms with Gasteiger partial charge in [-0.15, -0.1) is 0 Å². The summed E-state index contributed by atoms with van der Waals surface area (Å²) in [5, 5.41) is 17.8. The van der Waals surface area contributed by atoms with Gasteiger partial charge in [0.15, 0.2) is 0 Å². The molecular weight excluding hydrogens is 340 g/mol. The minimum Gasteiger partial charge on any atom is -0.497 e. The van der Waals surface area contributed by atoms with Crippen molar-refractivity contribution in [3.05, 3.63) is 58.5 Å². The molecule has 0 fully saturated rings. The number of aromatic nitrogens is 2. The Kier molecular flexibility index (Phi) is 4.97. The zero-order valence-electron chi connectivity index (χ0n) is 14.1. The van der Waals surface area contributed by atoms with Gasteiger partial charge in [0.2, 0.25) is 11.7 Å². The molecule has 1 N–H and O–H groups in total. The van der Waals surface area contributed by atoms with E-state index in [0.29, 0.717) is 34.5 Å². The Morgan fingerprint density at radius 1 is 1.19 bits per heavy atom. The van der Waals surface area contributed by atoms with Crippen molar-refractivity contribution in [3.63, 3.8) is 0 Å². The number of nitro groups is 1. The predicted molar refractivity (Wildman–Crippen MR) is 93.3 cm³/mol. The molecule has 0 saturated heterocycles. The molecule has 0 spiro atoms. The molecule has 0 unspecified atom stereocenters.